The van der Waals surface area contributed by atoms with Crippen molar-refractivity contribution < 1.29 is 13.6 Å². The second kappa shape index (κ2) is 7.89. The van der Waals surface area contributed by atoms with Crippen molar-refractivity contribution in [2.24, 2.45) is 34.5 Å². The zero-order valence-corrected chi connectivity index (χ0v) is 24.3. The van der Waals surface area contributed by atoms with Gasteiger partial charge in [0.05, 0.1) is 5.60 Å². The molecule has 0 radical (unpaired) electrons. The summed E-state index contributed by atoms with van der Waals surface area (Å²) in [5, 5.41) is 0. The van der Waals surface area contributed by atoms with Crippen LogP contribution in [-0.2, 0) is 13.6 Å². The second-order valence-electron chi connectivity index (χ2n) is 14.1. The third kappa shape index (κ3) is 4.07. The van der Waals surface area contributed by atoms with Crippen LogP contribution in [0.15, 0.2) is 11.6 Å². The van der Waals surface area contributed by atoms with Crippen LogP contribution in [0.2, 0.25) is 39.3 Å². The Morgan fingerprint density at radius 2 is 1.62 bits per heavy atom. The van der Waals surface area contributed by atoms with Crippen LogP contribution < -0.4 is 0 Å². The Morgan fingerprint density at radius 1 is 0.969 bits per heavy atom. The Bertz CT molecular complexity index is 794. The summed E-state index contributed by atoms with van der Waals surface area (Å²) in [6.45, 7) is 22.2. The molecule has 4 rings (SSSR count). The largest absolute Gasteiger partial charge is 0.417 e. The summed E-state index contributed by atoms with van der Waals surface area (Å²) in [5.74, 6) is 2.94. The number of rotatable bonds is 5. The summed E-state index contributed by atoms with van der Waals surface area (Å²) in [4.78, 5) is 12.5. The molecule has 0 bridgehead atoms. The molecule has 7 atom stereocenters. The molecular weight excluding hydrogens is 428 g/mol. The summed E-state index contributed by atoms with van der Waals surface area (Å²) in [5.41, 5.74) is 1.80. The van der Waals surface area contributed by atoms with Gasteiger partial charge in [-0.15, -0.1) is 0 Å². The van der Waals surface area contributed by atoms with Crippen LogP contribution in [0.3, 0.4) is 0 Å². The van der Waals surface area contributed by atoms with Crippen LogP contribution in [0.1, 0.15) is 65.7 Å². The van der Waals surface area contributed by atoms with Gasteiger partial charge in [-0.25, -0.2) is 0 Å². The fraction of sp³-hybridized carbons (Fsp3) is 0.889. The zero-order chi connectivity index (χ0) is 23.7. The molecule has 3 saturated carbocycles. The summed E-state index contributed by atoms with van der Waals surface area (Å²) in [6, 6.07) is 0. The van der Waals surface area contributed by atoms with Crippen LogP contribution in [0, 0.1) is 34.5 Å². The predicted octanol–water partition coefficient (Wildman–Crippen LogP) is 7.21. The van der Waals surface area contributed by atoms with Gasteiger partial charge in [0.1, 0.15) is 0 Å². The summed E-state index contributed by atoms with van der Waals surface area (Å²) in [7, 11) is -3.26. The van der Waals surface area contributed by atoms with Crippen molar-refractivity contribution in [1.29, 1.82) is 0 Å². The van der Waals surface area contributed by atoms with Gasteiger partial charge in [0.2, 0.25) is 0 Å². The molecule has 3 fully saturated rings. The molecule has 182 valence electrons. The monoisotopic (exact) mass is 476 g/mol. The van der Waals surface area contributed by atoms with E-state index in [9.17, 15) is 4.79 Å². The van der Waals surface area contributed by atoms with E-state index in [0.29, 0.717) is 24.0 Å². The number of hydrogen-bond donors (Lipinski definition) is 0. The maximum atomic E-state index is 12.5. The highest BCUT2D eigenvalue weighted by molar-refractivity contribution is 6.70. The van der Waals surface area contributed by atoms with Gasteiger partial charge in [-0.1, -0.05) is 19.4 Å². The Kier molecular flexibility index (Phi) is 6.13. The van der Waals surface area contributed by atoms with Gasteiger partial charge < -0.3 is 8.85 Å². The van der Waals surface area contributed by atoms with Crippen LogP contribution in [0.5, 0.6) is 0 Å². The lowest BCUT2D eigenvalue weighted by atomic mass is 9.44. The molecule has 4 aliphatic rings. The van der Waals surface area contributed by atoms with E-state index in [4.69, 9.17) is 8.85 Å². The van der Waals surface area contributed by atoms with Gasteiger partial charge in [-0.2, -0.15) is 0 Å². The van der Waals surface area contributed by atoms with Crippen LogP contribution >= 0.6 is 0 Å². The van der Waals surface area contributed by atoms with E-state index in [1.807, 2.05) is 0 Å². The maximum Gasteiger partial charge on any atom is 0.184 e. The van der Waals surface area contributed by atoms with Gasteiger partial charge in [-0.05, 0) is 120 Å². The van der Waals surface area contributed by atoms with E-state index in [-0.39, 0.29) is 16.4 Å². The molecule has 0 amide bonds. The average Bonchev–Trinajstić information content (AvgIpc) is 2.90. The number of fused-ring (bicyclic) bond motifs is 5. The smallest absolute Gasteiger partial charge is 0.184 e. The lowest BCUT2D eigenvalue weighted by Crippen LogP contribution is -2.59. The molecule has 0 aromatic rings. The Labute approximate surface area is 199 Å². The first-order valence-electron chi connectivity index (χ1n) is 13.2. The van der Waals surface area contributed by atoms with Gasteiger partial charge >= 0.3 is 0 Å². The van der Waals surface area contributed by atoms with Crippen molar-refractivity contribution in [3.63, 3.8) is 0 Å². The van der Waals surface area contributed by atoms with Crippen LogP contribution in [0.4, 0.5) is 0 Å². The molecule has 0 aromatic heterocycles. The SMILES string of the molecule is C[C@H]1C[C@@H]2[C@H](CC[C@@]3(C)[C@H]2CC[C@]3(C)O[Si](C)(C)C)[C@@]2(CO[Si](C)(C)C)CCC(=O)C=C12. The first-order valence-corrected chi connectivity index (χ1v) is 20.0. The minimum absolute atomic E-state index is 0.0109. The number of hydrogen-bond acceptors (Lipinski definition) is 3. The van der Waals surface area contributed by atoms with E-state index < -0.39 is 16.6 Å². The molecule has 32 heavy (non-hydrogen) atoms. The Morgan fingerprint density at radius 3 is 2.25 bits per heavy atom. The lowest BCUT2D eigenvalue weighted by molar-refractivity contribution is -0.129. The molecule has 0 unspecified atom stereocenters. The third-order valence-corrected chi connectivity index (χ3v) is 11.9. The topological polar surface area (TPSA) is 35.5 Å². The highest BCUT2D eigenvalue weighted by Crippen LogP contribution is 2.69. The lowest BCUT2D eigenvalue weighted by Gasteiger charge is -2.62. The van der Waals surface area contributed by atoms with Crippen molar-refractivity contribution in [2.45, 2.75) is 111 Å². The average molecular weight is 477 g/mol. The van der Waals surface area contributed by atoms with Crippen LogP contribution in [-0.4, -0.2) is 34.6 Å². The van der Waals surface area contributed by atoms with Crippen molar-refractivity contribution >= 4 is 22.4 Å². The molecular formula is C27H48O3Si2. The fourth-order valence-electron chi connectivity index (χ4n) is 8.43. The molecule has 0 N–H and O–H groups in total. The quantitative estimate of drug-likeness (QED) is 0.393. The first kappa shape index (κ1) is 24.9. The normalized spacial score (nSPS) is 44.5. The Balaban J connectivity index is 1.71. The molecule has 0 aliphatic heterocycles. The van der Waals surface area contributed by atoms with E-state index in [1.165, 1.54) is 37.7 Å². The number of carbonyl (C=O) groups excluding carboxylic acids is 1. The van der Waals surface area contributed by atoms with Crippen molar-refractivity contribution in [2.75, 3.05) is 6.61 Å². The number of carbonyl (C=O) groups is 1. The molecule has 3 nitrogen and oxygen atoms in total. The van der Waals surface area contributed by atoms with Crippen molar-refractivity contribution in [3.05, 3.63) is 11.6 Å². The Hall–Kier alpha value is -0.236. The van der Waals surface area contributed by atoms with Crippen molar-refractivity contribution in [1.82, 2.24) is 0 Å². The molecule has 0 saturated heterocycles. The summed E-state index contributed by atoms with van der Waals surface area (Å²) >= 11 is 0. The maximum absolute atomic E-state index is 12.5. The van der Waals surface area contributed by atoms with Gasteiger partial charge in [0.25, 0.3) is 0 Å². The first-order chi connectivity index (χ1) is 14.6. The third-order valence-electron chi connectivity index (χ3n) is 9.84. The minimum Gasteiger partial charge on any atom is -0.417 e. The molecule has 0 spiro atoms. The second-order valence-corrected chi connectivity index (χ2v) is 23.0. The van der Waals surface area contributed by atoms with E-state index in [1.54, 1.807) is 0 Å². The molecule has 5 heteroatoms. The van der Waals surface area contributed by atoms with E-state index >= 15 is 0 Å². The fourth-order valence-corrected chi connectivity index (χ4v) is 10.8. The summed E-state index contributed by atoms with van der Waals surface area (Å²) in [6.07, 6.45) is 10.0. The summed E-state index contributed by atoms with van der Waals surface area (Å²) < 4.78 is 13.6. The van der Waals surface area contributed by atoms with Gasteiger partial charge in [0, 0.05) is 18.4 Å². The standard InChI is InChI=1S/C27H48O3Si2/c1-19-16-21-22-12-14-26(3,30-32(7,8)9)25(22,2)13-11-23(21)27(18-29-31(4,5)6)15-10-20(28)17-24(19)27/h17,19,21-23H,10-16,18H2,1-9H3/t19-,21-,22-,23-,25-,26-,27-/m0/s1. The zero-order valence-electron chi connectivity index (χ0n) is 22.3. The number of ketones is 1. The van der Waals surface area contributed by atoms with Crippen molar-refractivity contribution in [3.8, 4) is 0 Å². The van der Waals surface area contributed by atoms with Crippen LogP contribution in [0.25, 0.3) is 0 Å². The molecule has 4 aliphatic carbocycles. The highest BCUT2D eigenvalue weighted by atomic mass is 28.4. The predicted molar refractivity (Wildman–Crippen MR) is 138 cm³/mol. The van der Waals surface area contributed by atoms with Gasteiger partial charge in [-0.3, -0.25) is 4.79 Å². The van der Waals surface area contributed by atoms with E-state index in [0.717, 1.165) is 24.9 Å². The van der Waals surface area contributed by atoms with E-state index in [2.05, 4.69) is 66.1 Å². The highest BCUT2D eigenvalue weighted by Gasteiger charge is 2.65. The van der Waals surface area contributed by atoms with Gasteiger partial charge in [0.15, 0.2) is 22.4 Å². The molecule has 0 aromatic carbocycles. The molecule has 0 heterocycles. The minimum atomic E-state index is -1.64.